The Hall–Kier alpha value is -0.770. The Morgan fingerprint density at radius 3 is 2.84 bits per heavy atom. The van der Waals surface area contributed by atoms with Crippen LogP contribution < -0.4 is 10.1 Å². The zero-order chi connectivity index (χ0) is 13.7. The lowest BCUT2D eigenvalue weighted by Gasteiger charge is -2.22. The van der Waals surface area contributed by atoms with Crippen molar-refractivity contribution in [2.45, 2.75) is 50.8 Å². The number of hydrogen-bond donors (Lipinski definition) is 2. The second kappa shape index (κ2) is 7.13. The largest absolute Gasteiger partial charge is 0.495 e. The van der Waals surface area contributed by atoms with Crippen LogP contribution in [0.25, 0.3) is 0 Å². The maximum Gasteiger partial charge on any atom is 0.137 e. The van der Waals surface area contributed by atoms with Gasteiger partial charge in [-0.3, -0.25) is 0 Å². The highest BCUT2D eigenvalue weighted by atomic mass is 35.5. The molecule has 19 heavy (non-hydrogen) atoms. The summed E-state index contributed by atoms with van der Waals surface area (Å²) in [4.78, 5) is 0. The van der Waals surface area contributed by atoms with Crippen LogP contribution in [-0.4, -0.2) is 24.4 Å². The van der Waals surface area contributed by atoms with Crippen molar-refractivity contribution in [1.29, 1.82) is 0 Å². The standard InChI is InChI=1S/C15H22ClNO2/c1-19-15-8-7-11(9-12(15)16)10-17-13-5-3-2-4-6-14(13)18/h7-9,13-14,17-18H,2-6,10H2,1H3. The summed E-state index contributed by atoms with van der Waals surface area (Å²) in [6, 6.07) is 5.99. The molecule has 1 aliphatic carbocycles. The lowest BCUT2D eigenvalue weighted by atomic mass is 10.1. The fourth-order valence-corrected chi connectivity index (χ4v) is 2.88. The number of halogens is 1. The van der Waals surface area contributed by atoms with E-state index in [-0.39, 0.29) is 12.1 Å². The minimum absolute atomic E-state index is 0.198. The minimum Gasteiger partial charge on any atom is -0.495 e. The molecule has 4 heteroatoms. The Bertz CT molecular complexity index is 411. The molecule has 0 aliphatic heterocycles. The summed E-state index contributed by atoms with van der Waals surface area (Å²) >= 11 is 6.10. The van der Waals surface area contributed by atoms with Gasteiger partial charge in [0.1, 0.15) is 5.75 Å². The zero-order valence-electron chi connectivity index (χ0n) is 11.4. The molecular formula is C15H22ClNO2. The van der Waals surface area contributed by atoms with Crippen molar-refractivity contribution >= 4 is 11.6 Å². The van der Waals surface area contributed by atoms with Crippen molar-refractivity contribution in [3.63, 3.8) is 0 Å². The molecule has 0 spiro atoms. The van der Waals surface area contributed by atoms with E-state index in [4.69, 9.17) is 16.3 Å². The van der Waals surface area contributed by atoms with Crippen molar-refractivity contribution in [2.75, 3.05) is 7.11 Å². The topological polar surface area (TPSA) is 41.5 Å². The minimum atomic E-state index is -0.226. The van der Waals surface area contributed by atoms with Gasteiger partial charge in [0.2, 0.25) is 0 Å². The second-order valence-electron chi connectivity index (χ2n) is 5.16. The van der Waals surface area contributed by atoms with E-state index < -0.39 is 0 Å². The number of aliphatic hydroxyl groups is 1. The van der Waals surface area contributed by atoms with Gasteiger partial charge in [-0.15, -0.1) is 0 Å². The molecule has 2 atom stereocenters. The highest BCUT2D eigenvalue weighted by molar-refractivity contribution is 6.32. The zero-order valence-corrected chi connectivity index (χ0v) is 12.1. The lowest BCUT2D eigenvalue weighted by molar-refractivity contribution is 0.119. The molecule has 1 aromatic rings. The Balaban J connectivity index is 1.92. The molecule has 0 radical (unpaired) electrons. The fraction of sp³-hybridized carbons (Fsp3) is 0.600. The molecule has 1 aliphatic rings. The highest BCUT2D eigenvalue weighted by Gasteiger charge is 2.20. The third-order valence-corrected chi connectivity index (χ3v) is 4.06. The van der Waals surface area contributed by atoms with E-state index in [1.165, 1.54) is 12.8 Å². The summed E-state index contributed by atoms with van der Waals surface area (Å²) in [6.07, 6.45) is 5.28. The third-order valence-electron chi connectivity index (χ3n) is 3.76. The number of benzene rings is 1. The van der Waals surface area contributed by atoms with E-state index in [0.29, 0.717) is 10.8 Å². The van der Waals surface area contributed by atoms with Crippen LogP contribution in [-0.2, 0) is 6.54 Å². The Labute approximate surface area is 119 Å². The lowest BCUT2D eigenvalue weighted by Crippen LogP contribution is -2.38. The molecule has 2 N–H and O–H groups in total. The van der Waals surface area contributed by atoms with Gasteiger partial charge in [0, 0.05) is 12.6 Å². The quantitative estimate of drug-likeness (QED) is 0.834. The molecular weight excluding hydrogens is 262 g/mol. The Morgan fingerprint density at radius 1 is 1.32 bits per heavy atom. The van der Waals surface area contributed by atoms with Crippen molar-refractivity contribution in [2.24, 2.45) is 0 Å². The maximum absolute atomic E-state index is 10.1. The number of nitrogens with one attached hydrogen (secondary N) is 1. The number of ether oxygens (including phenoxy) is 1. The molecule has 0 heterocycles. The van der Waals surface area contributed by atoms with E-state index in [1.54, 1.807) is 7.11 Å². The van der Waals surface area contributed by atoms with Gasteiger partial charge in [-0.25, -0.2) is 0 Å². The van der Waals surface area contributed by atoms with Crippen molar-refractivity contribution in [3.8, 4) is 5.75 Å². The molecule has 0 amide bonds. The third kappa shape index (κ3) is 4.10. The average Bonchev–Trinajstić information content (AvgIpc) is 2.61. The predicted octanol–water partition coefficient (Wildman–Crippen LogP) is 3.13. The smallest absolute Gasteiger partial charge is 0.137 e. The van der Waals surface area contributed by atoms with Crippen LogP contribution in [0.1, 0.15) is 37.7 Å². The fourth-order valence-electron chi connectivity index (χ4n) is 2.59. The van der Waals surface area contributed by atoms with Crippen LogP contribution in [0.3, 0.4) is 0 Å². The number of aliphatic hydroxyl groups excluding tert-OH is 1. The number of methoxy groups -OCH3 is 1. The molecule has 1 saturated carbocycles. The van der Waals surface area contributed by atoms with E-state index in [2.05, 4.69) is 5.32 Å². The Morgan fingerprint density at radius 2 is 2.11 bits per heavy atom. The second-order valence-corrected chi connectivity index (χ2v) is 5.57. The predicted molar refractivity (Wildman–Crippen MR) is 77.7 cm³/mol. The first-order valence-electron chi connectivity index (χ1n) is 6.94. The molecule has 2 rings (SSSR count). The van der Waals surface area contributed by atoms with Crippen molar-refractivity contribution in [1.82, 2.24) is 5.32 Å². The van der Waals surface area contributed by atoms with E-state index >= 15 is 0 Å². The maximum atomic E-state index is 10.1. The monoisotopic (exact) mass is 283 g/mol. The summed E-state index contributed by atoms with van der Waals surface area (Å²) in [5, 5.41) is 14.1. The van der Waals surface area contributed by atoms with Crippen LogP contribution in [0.15, 0.2) is 18.2 Å². The summed E-state index contributed by atoms with van der Waals surface area (Å²) in [7, 11) is 1.61. The van der Waals surface area contributed by atoms with Crippen molar-refractivity contribution < 1.29 is 9.84 Å². The number of hydrogen-bond acceptors (Lipinski definition) is 3. The summed E-state index contributed by atoms with van der Waals surface area (Å²) in [6.45, 7) is 0.728. The molecule has 106 valence electrons. The van der Waals surface area contributed by atoms with Crippen LogP contribution in [0, 0.1) is 0 Å². The van der Waals surface area contributed by atoms with Gasteiger partial charge in [-0.2, -0.15) is 0 Å². The van der Waals surface area contributed by atoms with Gasteiger partial charge in [-0.1, -0.05) is 36.9 Å². The Kier molecular flexibility index (Phi) is 5.49. The van der Waals surface area contributed by atoms with Gasteiger partial charge in [-0.05, 0) is 30.5 Å². The van der Waals surface area contributed by atoms with Crippen molar-refractivity contribution in [3.05, 3.63) is 28.8 Å². The highest BCUT2D eigenvalue weighted by Crippen LogP contribution is 2.25. The van der Waals surface area contributed by atoms with Crippen LogP contribution in [0.2, 0.25) is 5.02 Å². The first-order valence-corrected chi connectivity index (χ1v) is 7.32. The summed E-state index contributed by atoms with van der Waals surface area (Å²) in [5.74, 6) is 0.694. The average molecular weight is 284 g/mol. The van der Waals surface area contributed by atoms with Gasteiger partial charge >= 0.3 is 0 Å². The van der Waals surface area contributed by atoms with Crippen LogP contribution >= 0.6 is 11.6 Å². The van der Waals surface area contributed by atoms with Gasteiger partial charge in [0.15, 0.2) is 0 Å². The number of rotatable bonds is 4. The van der Waals surface area contributed by atoms with Crippen LogP contribution in [0.4, 0.5) is 0 Å². The molecule has 1 fully saturated rings. The van der Waals surface area contributed by atoms with Crippen LogP contribution in [0.5, 0.6) is 5.75 Å². The summed E-state index contributed by atoms with van der Waals surface area (Å²) < 4.78 is 5.14. The molecule has 0 aromatic heterocycles. The summed E-state index contributed by atoms with van der Waals surface area (Å²) in [5.41, 5.74) is 1.11. The van der Waals surface area contributed by atoms with E-state index in [1.807, 2.05) is 18.2 Å². The molecule has 2 unspecified atom stereocenters. The molecule has 0 bridgehead atoms. The first kappa shape index (κ1) is 14.6. The van der Waals surface area contributed by atoms with Gasteiger partial charge in [0.05, 0.1) is 18.2 Å². The normalized spacial score (nSPS) is 23.9. The first-order chi connectivity index (χ1) is 9.20. The van der Waals surface area contributed by atoms with Gasteiger partial charge in [0.25, 0.3) is 0 Å². The SMILES string of the molecule is COc1ccc(CNC2CCCCCC2O)cc1Cl. The van der Waals surface area contributed by atoms with E-state index in [0.717, 1.165) is 31.4 Å². The van der Waals surface area contributed by atoms with E-state index in [9.17, 15) is 5.11 Å². The van der Waals surface area contributed by atoms with Gasteiger partial charge < -0.3 is 15.2 Å². The molecule has 1 aromatic carbocycles. The molecule has 0 saturated heterocycles. The molecule has 3 nitrogen and oxygen atoms in total.